The van der Waals surface area contributed by atoms with E-state index in [1.807, 2.05) is 72.6 Å². The van der Waals surface area contributed by atoms with Crippen LogP contribution < -0.4 is 5.32 Å². The van der Waals surface area contributed by atoms with Gasteiger partial charge < -0.3 is 15.3 Å². The number of hydrogen-bond acceptors (Lipinski definition) is 7. The van der Waals surface area contributed by atoms with Gasteiger partial charge in [-0.15, -0.1) is 11.3 Å². The number of anilines is 2. The monoisotopic (exact) mass is 499 g/mol. The second-order valence-corrected chi connectivity index (χ2v) is 10.2. The molecule has 1 aliphatic heterocycles. The minimum atomic E-state index is -0.282. The second-order valence-electron chi connectivity index (χ2n) is 9.09. The van der Waals surface area contributed by atoms with E-state index in [2.05, 4.69) is 15.3 Å². The number of likely N-dealkylation sites (tertiary alicyclic amines) is 1. The number of pyridine rings is 2. The van der Waals surface area contributed by atoms with Gasteiger partial charge in [0.2, 0.25) is 0 Å². The number of carbonyl (C=O) groups excluding carboxylic acids is 1. The summed E-state index contributed by atoms with van der Waals surface area (Å²) in [5.74, 6) is 1.56. The number of nitrogens with zero attached hydrogens (tertiary/aromatic N) is 4. The summed E-state index contributed by atoms with van der Waals surface area (Å²) in [7, 11) is 0. The van der Waals surface area contributed by atoms with Crippen molar-refractivity contribution in [2.75, 3.05) is 18.4 Å². The van der Waals surface area contributed by atoms with Crippen molar-refractivity contribution in [1.29, 1.82) is 0 Å². The first kappa shape index (κ1) is 24.1. The lowest BCUT2D eigenvalue weighted by Gasteiger charge is -2.29. The molecule has 3 aromatic heterocycles. The molecular weight excluding hydrogens is 470 g/mol. The third kappa shape index (κ3) is 5.95. The Hall–Kier alpha value is -3.62. The summed E-state index contributed by atoms with van der Waals surface area (Å²) in [6, 6.07) is 17.7. The van der Waals surface area contributed by atoms with E-state index in [1.165, 1.54) is 5.56 Å². The van der Waals surface area contributed by atoms with E-state index in [-0.39, 0.29) is 12.0 Å². The predicted octanol–water partition coefficient (Wildman–Crippen LogP) is 5.03. The summed E-state index contributed by atoms with van der Waals surface area (Å²) in [6.45, 7) is 3.27. The van der Waals surface area contributed by atoms with Crippen molar-refractivity contribution in [3.63, 3.8) is 0 Å². The van der Waals surface area contributed by atoms with E-state index in [9.17, 15) is 9.90 Å². The molecular formula is C28H29N5O2S. The maximum Gasteiger partial charge on any atom is 0.253 e. The van der Waals surface area contributed by atoms with Crippen molar-refractivity contribution >= 4 is 28.9 Å². The molecule has 8 heteroatoms. The Balaban J connectivity index is 1.18. The number of thiazole rings is 1. The number of hydrogen-bond donors (Lipinski definition) is 2. The molecule has 0 radical (unpaired) electrons. The molecule has 1 saturated heterocycles. The van der Waals surface area contributed by atoms with E-state index >= 15 is 0 Å². The van der Waals surface area contributed by atoms with Gasteiger partial charge in [0.15, 0.2) is 0 Å². The molecule has 4 aromatic rings. The van der Waals surface area contributed by atoms with Crippen molar-refractivity contribution in [2.45, 2.75) is 38.7 Å². The van der Waals surface area contributed by atoms with Crippen LogP contribution in [0.4, 0.5) is 11.6 Å². The van der Waals surface area contributed by atoms with Crippen LogP contribution in [0.2, 0.25) is 0 Å². The molecule has 1 aliphatic rings. The van der Waals surface area contributed by atoms with Crippen LogP contribution in [0.3, 0.4) is 0 Å². The molecule has 0 aliphatic carbocycles. The normalized spacial score (nSPS) is 14.1. The number of amides is 1. The van der Waals surface area contributed by atoms with Gasteiger partial charge in [0.05, 0.1) is 21.7 Å². The lowest BCUT2D eigenvalue weighted by atomic mass is 10.0. The molecule has 4 heterocycles. The van der Waals surface area contributed by atoms with Crippen molar-refractivity contribution in [2.24, 2.45) is 0 Å². The highest BCUT2D eigenvalue weighted by molar-refractivity contribution is 7.15. The fourth-order valence-electron chi connectivity index (χ4n) is 4.24. The summed E-state index contributed by atoms with van der Waals surface area (Å²) < 4.78 is 0. The third-order valence-corrected chi connectivity index (χ3v) is 7.39. The summed E-state index contributed by atoms with van der Waals surface area (Å²) in [4.78, 5) is 29.2. The van der Waals surface area contributed by atoms with Gasteiger partial charge >= 0.3 is 0 Å². The minimum Gasteiger partial charge on any atom is -0.393 e. The van der Waals surface area contributed by atoms with Gasteiger partial charge in [0, 0.05) is 37.5 Å². The van der Waals surface area contributed by atoms with E-state index in [0.717, 1.165) is 45.6 Å². The van der Waals surface area contributed by atoms with Gasteiger partial charge in [-0.1, -0.05) is 18.2 Å². The highest BCUT2D eigenvalue weighted by atomic mass is 32.1. The molecule has 5 rings (SSSR count). The summed E-state index contributed by atoms with van der Waals surface area (Å²) in [5, 5.41) is 14.0. The first-order valence-electron chi connectivity index (χ1n) is 12.2. The largest absolute Gasteiger partial charge is 0.393 e. The standard InChI is InChI=1S/C28H29N5O2S/c1-19-11-14-29-26(17-19)32-25-4-2-3-23(31-25)24-18-30-27(36-24)10-7-20-5-8-21(9-6-20)28(35)33-15-12-22(34)13-16-33/h2-6,8-9,11,14,17-18,22,34H,7,10,12-13,15-16H2,1H3,(H,29,31,32). The molecule has 0 saturated carbocycles. The van der Waals surface area contributed by atoms with Crippen molar-refractivity contribution in [1.82, 2.24) is 19.9 Å². The van der Waals surface area contributed by atoms with Crippen LogP contribution in [0.25, 0.3) is 10.6 Å². The summed E-state index contributed by atoms with van der Waals surface area (Å²) >= 11 is 1.65. The number of benzene rings is 1. The number of aromatic nitrogens is 3. The smallest absolute Gasteiger partial charge is 0.253 e. The Morgan fingerprint density at radius 2 is 1.86 bits per heavy atom. The third-order valence-electron chi connectivity index (χ3n) is 6.31. The van der Waals surface area contributed by atoms with E-state index in [4.69, 9.17) is 4.98 Å². The van der Waals surface area contributed by atoms with E-state index in [1.54, 1.807) is 17.5 Å². The molecule has 36 heavy (non-hydrogen) atoms. The van der Waals surface area contributed by atoms with Crippen LogP contribution in [0.5, 0.6) is 0 Å². The fourth-order valence-corrected chi connectivity index (χ4v) is 5.13. The summed E-state index contributed by atoms with van der Waals surface area (Å²) in [5.41, 5.74) is 3.89. The average Bonchev–Trinajstić information content (AvgIpc) is 3.37. The SMILES string of the molecule is Cc1ccnc(Nc2cccc(-c3cnc(CCc4ccc(C(=O)N5CCC(O)CC5)cc4)s3)n2)c1. The molecule has 184 valence electrons. The molecule has 7 nitrogen and oxygen atoms in total. The lowest BCUT2D eigenvalue weighted by Crippen LogP contribution is -2.40. The predicted molar refractivity (Wildman–Crippen MR) is 143 cm³/mol. The Morgan fingerprint density at radius 1 is 1.06 bits per heavy atom. The Morgan fingerprint density at radius 3 is 2.64 bits per heavy atom. The second kappa shape index (κ2) is 11.0. The van der Waals surface area contributed by atoms with Crippen molar-refractivity contribution in [3.8, 4) is 10.6 Å². The number of piperidine rings is 1. The van der Waals surface area contributed by atoms with Gasteiger partial charge in [-0.05, 0) is 73.7 Å². The molecule has 1 amide bonds. The first-order chi connectivity index (χ1) is 17.5. The number of aliphatic hydroxyl groups excluding tert-OH is 1. The highest BCUT2D eigenvalue weighted by Crippen LogP contribution is 2.27. The Kier molecular flexibility index (Phi) is 7.34. The first-order valence-corrected chi connectivity index (χ1v) is 13.0. The van der Waals surface area contributed by atoms with Crippen LogP contribution in [-0.4, -0.2) is 50.1 Å². The maximum atomic E-state index is 12.7. The van der Waals surface area contributed by atoms with Gasteiger partial charge in [0.25, 0.3) is 5.91 Å². The topological polar surface area (TPSA) is 91.2 Å². The number of aryl methyl sites for hydroxylation is 3. The molecule has 0 bridgehead atoms. The average molecular weight is 500 g/mol. The zero-order valence-electron chi connectivity index (χ0n) is 20.2. The van der Waals surface area contributed by atoms with Crippen molar-refractivity contribution in [3.05, 3.63) is 88.7 Å². The van der Waals surface area contributed by atoms with Crippen LogP contribution in [0, 0.1) is 6.92 Å². The van der Waals surface area contributed by atoms with Crippen LogP contribution in [0.1, 0.15) is 39.3 Å². The van der Waals surface area contributed by atoms with Crippen LogP contribution >= 0.6 is 11.3 Å². The van der Waals surface area contributed by atoms with Crippen LogP contribution in [0.15, 0.2) is 67.0 Å². The zero-order chi connectivity index (χ0) is 24.9. The van der Waals surface area contributed by atoms with Crippen LogP contribution in [-0.2, 0) is 12.8 Å². The molecule has 0 spiro atoms. The number of aliphatic hydroxyl groups is 1. The van der Waals surface area contributed by atoms with E-state index in [0.29, 0.717) is 31.5 Å². The Labute approximate surface area is 214 Å². The number of nitrogens with one attached hydrogen (secondary N) is 1. The lowest BCUT2D eigenvalue weighted by molar-refractivity contribution is 0.0546. The highest BCUT2D eigenvalue weighted by Gasteiger charge is 2.22. The Bertz CT molecular complexity index is 1330. The molecule has 1 aromatic carbocycles. The van der Waals surface area contributed by atoms with E-state index < -0.39 is 0 Å². The zero-order valence-corrected chi connectivity index (χ0v) is 21.0. The number of carbonyl (C=O) groups is 1. The summed E-state index contributed by atoms with van der Waals surface area (Å²) in [6.07, 6.45) is 6.37. The molecule has 0 atom stereocenters. The number of rotatable bonds is 7. The fraction of sp³-hybridized carbons (Fsp3) is 0.286. The van der Waals surface area contributed by atoms with Gasteiger partial charge in [0.1, 0.15) is 11.6 Å². The maximum absolute atomic E-state index is 12.7. The molecule has 1 fully saturated rings. The van der Waals surface area contributed by atoms with Gasteiger partial charge in [-0.2, -0.15) is 0 Å². The minimum absolute atomic E-state index is 0.0421. The van der Waals surface area contributed by atoms with Gasteiger partial charge in [-0.3, -0.25) is 4.79 Å². The van der Waals surface area contributed by atoms with Crippen molar-refractivity contribution < 1.29 is 9.90 Å². The molecule has 0 unspecified atom stereocenters. The quantitative estimate of drug-likeness (QED) is 0.370. The molecule has 2 N–H and O–H groups in total. The van der Waals surface area contributed by atoms with Gasteiger partial charge in [-0.25, -0.2) is 15.0 Å².